The van der Waals surface area contributed by atoms with E-state index in [1.54, 1.807) is 0 Å². The molecule has 1 saturated heterocycles. The number of nitrogens with one attached hydrogen (secondary N) is 1. The summed E-state index contributed by atoms with van der Waals surface area (Å²) in [5, 5.41) is 5.48. The number of halogens is 35. The van der Waals surface area contributed by atoms with Crippen molar-refractivity contribution in [2.75, 3.05) is 0 Å². The molecule has 49 heavy (non-hydrogen) atoms. The normalized spacial score (nSPS) is 30.0. The standard InChI is InChI=1S/C10H13I35N2O2/c1-6(2,3)49-5(48)47-7(4,30-11)8(34(15)16,35(17)31-12)46-9(36(18)44(28)41(24)25,37(19)45(29)43(27)33-14)10(47,38(20)40(22)23)39(21)42(26)32-13/h46H,1-4H3/q-4. The summed E-state index contributed by atoms with van der Waals surface area (Å²) in [6.45, 7) is 9.20. The number of amides is 1. The first-order valence-electron chi connectivity index (χ1n) is 9.61. The van der Waals surface area contributed by atoms with Crippen LogP contribution in [0, 0.1) is 0 Å². The van der Waals surface area contributed by atoms with Crippen LogP contribution in [0.15, 0.2) is 0 Å². The molecule has 0 aromatic heterocycles. The molecule has 1 heterocycles. The Kier molecular flexibility index (Phi) is 52.0. The van der Waals surface area contributed by atoms with Crippen LogP contribution < -0.4 is 62.3 Å². The van der Waals surface area contributed by atoms with Crippen molar-refractivity contribution < 1.29 is 66.5 Å². The van der Waals surface area contributed by atoms with Crippen molar-refractivity contribution in [2.45, 2.75) is 41.5 Å². The SMILES string of the molecule is CC(C)(C)OC(=O)N1C(C)([I-]I)C(I(I)I)(I(I)[I-]I)NC(I(I)I(I)I(I)I)(I(I)I(I)I(I)[I-]I)C1(I(I)I(I)I)I(I)I(I)[I-]I. The van der Waals surface area contributed by atoms with Gasteiger partial charge in [-0.15, -0.1) is 0 Å². The van der Waals surface area contributed by atoms with Crippen molar-refractivity contribution in [2.24, 2.45) is 0 Å². The topological polar surface area (TPSA) is 41.6 Å². The third kappa shape index (κ3) is 18.9. The summed E-state index contributed by atoms with van der Waals surface area (Å²) in [6, 6.07) is 0. The second-order valence-corrected chi connectivity index (χ2v) is 505. The van der Waals surface area contributed by atoms with E-state index in [2.05, 4.69) is 386 Å². The Bertz CT molecular complexity index is 1070. The van der Waals surface area contributed by atoms with E-state index >= 15 is 4.79 Å². The zero-order valence-corrected chi connectivity index (χ0v) is 97.5. The average molecular weight is 4630 g/mol. The van der Waals surface area contributed by atoms with Crippen molar-refractivity contribution in [1.82, 2.24) is 10.2 Å². The molecule has 1 fully saturated rings. The van der Waals surface area contributed by atoms with Gasteiger partial charge in [0.15, 0.2) is 0 Å². The first kappa shape index (κ1) is 71.8. The van der Waals surface area contributed by atoms with Crippen LogP contribution >= 0.6 is 472 Å². The zero-order valence-electron chi connectivity index (χ0n) is 22.0. The van der Waals surface area contributed by atoms with E-state index in [0.29, 0.717) is 14.8 Å². The summed E-state index contributed by atoms with van der Waals surface area (Å²) < 4.78 is 7.65. The molecule has 4 atom stereocenters. The summed E-state index contributed by atoms with van der Waals surface area (Å²) in [7, 11) is -6.88. The van der Waals surface area contributed by atoms with E-state index in [1.165, 1.54) is 0 Å². The maximum atomic E-state index is 16.0. The fraction of sp³-hybridized carbons (Fsp3) is 0.900. The Hall–Kier alpha value is 24.8. The number of hydrogen-bond donors (Lipinski definition) is 1. The maximum absolute atomic E-state index is 16.0. The molecule has 4 nitrogen and oxygen atoms in total. The first-order chi connectivity index (χ1) is 22.3. The number of rotatable bonds is 16. The third-order valence-corrected chi connectivity index (χ3v) is 1100. The fourth-order valence-electron chi connectivity index (χ4n) is 3.04. The van der Waals surface area contributed by atoms with Gasteiger partial charge >= 0.3 is 597 Å². The van der Waals surface area contributed by atoms with Crippen LogP contribution in [-0.2, 0) is 4.74 Å². The van der Waals surface area contributed by atoms with Crippen molar-refractivity contribution in [1.29, 1.82) is 0 Å². The molecule has 1 aliphatic rings. The van der Waals surface area contributed by atoms with Gasteiger partial charge in [0.1, 0.15) is 0 Å². The summed E-state index contributed by atoms with van der Waals surface area (Å²) in [5.74, 6) is 0. The van der Waals surface area contributed by atoms with Gasteiger partial charge in [-0.05, 0) is 0 Å². The predicted octanol–water partition coefficient (Wildman–Crippen LogP) is 15.8. The minimum absolute atomic E-state index is 0.0669. The molecule has 1 amide bonds. The Morgan fingerprint density at radius 2 is 1.12 bits per heavy atom. The van der Waals surface area contributed by atoms with Crippen LogP contribution in [0.2, 0.25) is 0 Å². The second kappa shape index (κ2) is 35.5. The number of alkyl halides is 7. The van der Waals surface area contributed by atoms with Crippen LogP contribution in [0.5, 0.6) is 0 Å². The molecule has 0 bridgehead atoms. The van der Waals surface area contributed by atoms with E-state index in [9.17, 15) is 0 Å². The summed E-state index contributed by atoms with van der Waals surface area (Å²) >= 11 is 49.7. The van der Waals surface area contributed by atoms with Crippen molar-refractivity contribution in [3.05, 3.63) is 0 Å². The van der Waals surface area contributed by atoms with Crippen molar-refractivity contribution >= 4 is 478 Å². The van der Waals surface area contributed by atoms with Gasteiger partial charge in [-0.2, -0.15) is 0 Å². The van der Waals surface area contributed by atoms with Crippen molar-refractivity contribution in [3.8, 4) is 0 Å². The number of ether oxygens (including phenoxy) is 1. The molecule has 0 radical (unpaired) electrons. The molecule has 0 aliphatic carbocycles. The molecular weight excluding hydrogens is 4620 g/mol. The number of piperazine rings is 1. The molecule has 1 rings (SSSR count). The Balaban J connectivity index is 5.18. The first-order valence-corrected chi connectivity index (χ1v) is 193. The van der Waals surface area contributed by atoms with Crippen LogP contribution in [0.4, 0.5) is 4.79 Å². The van der Waals surface area contributed by atoms with Gasteiger partial charge in [-0.3, -0.25) is 0 Å². The van der Waals surface area contributed by atoms with E-state index in [0.717, 1.165) is 0 Å². The summed E-state index contributed by atoms with van der Waals surface area (Å²) in [6.07, 6.45) is 0.171. The second-order valence-electron chi connectivity index (χ2n) is 7.97. The number of hydrogen-bond acceptors (Lipinski definition) is 3. The van der Waals surface area contributed by atoms with E-state index < -0.39 is 124 Å². The number of nitrogens with zero attached hydrogens (tertiary/aromatic N) is 1. The average Bonchev–Trinajstić information content (AvgIpc) is 3.03. The van der Waals surface area contributed by atoms with E-state index in [-0.39, 0.29) is 56.5 Å². The quantitative estimate of drug-likeness (QED) is 0.0951. The molecule has 0 aromatic carbocycles. The molecule has 1 N–H and O–H groups in total. The Labute approximate surface area is 568 Å². The molecule has 0 aromatic rings. The molecule has 0 spiro atoms. The van der Waals surface area contributed by atoms with E-state index in [1.807, 2.05) is 0 Å². The molecule has 39 heteroatoms. The molecule has 324 valence electrons. The number of carbonyl (C=O) groups is 1. The van der Waals surface area contributed by atoms with Gasteiger partial charge in [0, 0.05) is 0 Å². The molecular formula is C10H13I35N2O2-4. The third-order valence-electron chi connectivity index (χ3n) is 4.52. The van der Waals surface area contributed by atoms with Gasteiger partial charge in [-0.25, -0.2) is 0 Å². The minimum atomic E-state index is -1.71. The molecule has 1 aliphatic heterocycles. The molecule has 4 unspecified atom stereocenters. The van der Waals surface area contributed by atoms with Crippen LogP contribution in [-0.4, -0.2) is 24.8 Å². The van der Waals surface area contributed by atoms with Gasteiger partial charge < -0.3 is 0 Å². The Morgan fingerprint density at radius 1 is 0.653 bits per heavy atom. The number of carbonyl (C=O) groups excluding carboxylic acids is 1. The Morgan fingerprint density at radius 3 is 1.47 bits per heavy atom. The van der Waals surface area contributed by atoms with Gasteiger partial charge in [0.05, 0.1) is 0 Å². The predicted molar refractivity (Wildman–Crippen MR) is 482 cm³/mol. The van der Waals surface area contributed by atoms with Crippen LogP contribution in [0.1, 0.15) is 27.7 Å². The zero-order chi connectivity index (χ0) is 38.8. The van der Waals surface area contributed by atoms with Crippen LogP contribution in [0.25, 0.3) is 0 Å². The van der Waals surface area contributed by atoms with Crippen LogP contribution in [0.3, 0.4) is 0 Å². The monoisotopic (exact) mass is 4630 g/mol. The van der Waals surface area contributed by atoms with E-state index in [4.69, 9.17) is 10.1 Å². The van der Waals surface area contributed by atoms with Gasteiger partial charge in [-0.1, -0.05) is 0 Å². The molecule has 0 saturated carbocycles. The fourth-order valence-corrected chi connectivity index (χ4v) is 1470. The van der Waals surface area contributed by atoms with Gasteiger partial charge in [0.25, 0.3) is 0 Å². The summed E-state index contributed by atoms with van der Waals surface area (Å²) in [5.41, 5.74) is -0.472. The van der Waals surface area contributed by atoms with Crippen molar-refractivity contribution in [3.63, 3.8) is 0 Å². The van der Waals surface area contributed by atoms with Gasteiger partial charge in [0.2, 0.25) is 0 Å². The summed E-state index contributed by atoms with van der Waals surface area (Å²) in [4.78, 5) is 19.0.